The first-order valence-electron chi connectivity index (χ1n) is 12.9. The molecule has 0 heterocycles. The second kappa shape index (κ2) is 14.4. The number of nitrogens with one attached hydrogen (secondary N) is 1. The standard InChI is InChI=1S/C30H37NO6S/c1-36-26-18-19-28(37-2)29(22-26)38(34,35)21-9-5-3-4-8-20-31-27-11-7-6-10-24(27)15-12-23-13-16-25(17-14-23)30(32)33/h6-7,10-11,13-14,16-19,22,31H,3-5,8-9,12,15,20-21H2,1-2H3,(H,32,33). The molecule has 3 aromatic rings. The zero-order valence-corrected chi connectivity index (χ0v) is 22.9. The van der Waals surface area contributed by atoms with E-state index in [-0.39, 0.29) is 10.6 Å². The number of benzene rings is 3. The molecule has 3 aromatic carbocycles. The van der Waals surface area contributed by atoms with Gasteiger partial charge in [-0.2, -0.15) is 0 Å². The summed E-state index contributed by atoms with van der Waals surface area (Å²) >= 11 is 0. The SMILES string of the molecule is COc1ccc(OC)c(S(=O)(=O)CCCCCCCNc2ccccc2CCc2ccc(C(=O)O)cc2)c1. The number of aromatic carboxylic acids is 1. The van der Waals surface area contributed by atoms with Gasteiger partial charge in [0.1, 0.15) is 16.4 Å². The molecule has 0 saturated heterocycles. The molecule has 0 fully saturated rings. The van der Waals surface area contributed by atoms with Gasteiger partial charge in [0.2, 0.25) is 0 Å². The summed E-state index contributed by atoms with van der Waals surface area (Å²) in [4.78, 5) is 11.2. The molecule has 0 aromatic heterocycles. The van der Waals surface area contributed by atoms with Crippen molar-refractivity contribution >= 4 is 21.5 Å². The van der Waals surface area contributed by atoms with Gasteiger partial charge in [-0.3, -0.25) is 0 Å². The highest BCUT2D eigenvalue weighted by atomic mass is 32.2. The van der Waals surface area contributed by atoms with Gasteiger partial charge in [0.25, 0.3) is 0 Å². The second-order valence-corrected chi connectivity index (χ2v) is 11.3. The largest absolute Gasteiger partial charge is 0.497 e. The second-order valence-electron chi connectivity index (χ2n) is 9.19. The van der Waals surface area contributed by atoms with Crippen LogP contribution in [0.3, 0.4) is 0 Å². The zero-order valence-electron chi connectivity index (χ0n) is 22.1. The minimum absolute atomic E-state index is 0.0845. The van der Waals surface area contributed by atoms with Crippen LogP contribution in [0.1, 0.15) is 53.6 Å². The molecule has 2 N–H and O–H groups in total. The smallest absolute Gasteiger partial charge is 0.335 e. The average molecular weight is 540 g/mol. The third-order valence-electron chi connectivity index (χ3n) is 6.51. The summed E-state index contributed by atoms with van der Waals surface area (Å²) in [6.45, 7) is 0.851. The minimum Gasteiger partial charge on any atom is -0.497 e. The van der Waals surface area contributed by atoms with Gasteiger partial charge in [-0.25, -0.2) is 13.2 Å². The number of methoxy groups -OCH3 is 2. The summed E-state index contributed by atoms with van der Waals surface area (Å²) in [6.07, 6.45) is 6.15. The molecular weight excluding hydrogens is 502 g/mol. The lowest BCUT2D eigenvalue weighted by atomic mass is 10.0. The van der Waals surface area contributed by atoms with Crippen molar-refractivity contribution in [2.24, 2.45) is 0 Å². The Morgan fingerprint density at radius 2 is 1.55 bits per heavy atom. The van der Waals surface area contributed by atoms with Crippen molar-refractivity contribution in [2.75, 3.05) is 31.8 Å². The van der Waals surface area contributed by atoms with Crippen molar-refractivity contribution in [1.29, 1.82) is 0 Å². The molecule has 8 heteroatoms. The van der Waals surface area contributed by atoms with Gasteiger partial charge in [-0.15, -0.1) is 0 Å². The van der Waals surface area contributed by atoms with E-state index in [1.165, 1.54) is 25.8 Å². The summed E-state index contributed by atoms with van der Waals surface area (Å²) in [5.41, 5.74) is 3.76. The molecule has 0 amide bonds. The van der Waals surface area contributed by atoms with E-state index in [0.29, 0.717) is 23.5 Å². The summed E-state index contributed by atoms with van der Waals surface area (Å²) in [5, 5.41) is 12.6. The Labute approximate surface area is 225 Å². The monoisotopic (exact) mass is 539 g/mol. The molecule has 204 valence electrons. The Morgan fingerprint density at radius 3 is 2.26 bits per heavy atom. The summed E-state index contributed by atoms with van der Waals surface area (Å²) < 4.78 is 36.0. The molecule has 0 aliphatic rings. The number of aryl methyl sites for hydroxylation is 2. The van der Waals surface area contributed by atoms with E-state index in [0.717, 1.165) is 56.3 Å². The van der Waals surface area contributed by atoms with Gasteiger partial charge in [0.15, 0.2) is 9.84 Å². The number of hydrogen-bond acceptors (Lipinski definition) is 6. The van der Waals surface area contributed by atoms with E-state index in [4.69, 9.17) is 14.6 Å². The van der Waals surface area contributed by atoms with Gasteiger partial charge in [-0.1, -0.05) is 49.6 Å². The molecule has 38 heavy (non-hydrogen) atoms. The fraction of sp³-hybridized carbons (Fsp3) is 0.367. The number of para-hydroxylation sites is 1. The van der Waals surface area contributed by atoms with Crippen LogP contribution in [0.15, 0.2) is 71.6 Å². The van der Waals surface area contributed by atoms with Gasteiger partial charge in [0.05, 0.1) is 25.5 Å². The maximum Gasteiger partial charge on any atom is 0.335 e. The van der Waals surface area contributed by atoms with Gasteiger partial charge >= 0.3 is 5.97 Å². The van der Waals surface area contributed by atoms with Crippen molar-refractivity contribution in [1.82, 2.24) is 0 Å². The third-order valence-corrected chi connectivity index (χ3v) is 8.33. The summed E-state index contributed by atoms with van der Waals surface area (Å²) in [5.74, 6) is 0.00684. The van der Waals surface area contributed by atoms with Crippen LogP contribution in [0.4, 0.5) is 5.69 Å². The van der Waals surface area contributed by atoms with Crippen LogP contribution in [0.5, 0.6) is 11.5 Å². The summed E-state index contributed by atoms with van der Waals surface area (Å²) in [6, 6.07) is 20.1. The summed E-state index contributed by atoms with van der Waals surface area (Å²) in [7, 11) is -0.472. The van der Waals surface area contributed by atoms with Gasteiger partial charge in [0, 0.05) is 18.3 Å². The maximum atomic E-state index is 12.8. The van der Waals surface area contributed by atoms with Crippen LogP contribution < -0.4 is 14.8 Å². The Bertz CT molecular complexity index is 1290. The first-order valence-corrected chi connectivity index (χ1v) is 14.6. The normalized spacial score (nSPS) is 11.2. The number of carboxylic acids is 1. The molecular formula is C30H37NO6S. The van der Waals surface area contributed by atoms with Crippen molar-refractivity contribution in [3.8, 4) is 11.5 Å². The topological polar surface area (TPSA) is 102 Å². The molecule has 0 saturated carbocycles. The van der Waals surface area contributed by atoms with Gasteiger partial charge < -0.3 is 19.9 Å². The van der Waals surface area contributed by atoms with Crippen molar-refractivity contribution < 1.29 is 27.8 Å². The van der Waals surface area contributed by atoms with Crippen molar-refractivity contribution in [3.05, 3.63) is 83.4 Å². The fourth-order valence-corrected chi connectivity index (χ4v) is 5.87. The lowest BCUT2D eigenvalue weighted by Gasteiger charge is -2.12. The third kappa shape index (κ3) is 8.52. The fourth-order valence-electron chi connectivity index (χ4n) is 4.31. The van der Waals surface area contributed by atoms with Crippen LogP contribution in [-0.4, -0.2) is 46.0 Å². The molecule has 0 radical (unpaired) electrons. The molecule has 0 aliphatic heterocycles. The quantitative estimate of drug-likeness (QED) is 0.215. The van der Waals surface area contributed by atoms with Crippen molar-refractivity contribution in [3.63, 3.8) is 0 Å². The van der Waals surface area contributed by atoms with E-state index >= 15 is 0 Å². The Kier molecular flexibility index (Phi) is 11.0. The van der Waals surface area contributed by atoms with E-state index in [1.54, 1.807) is 24.3 Å². The van der Waals surface area contributed by atoms with Gasteiger partial charge in [-0.05, 0) is 67.1 Å². The number of carboxylic acid groups (broad SMARTS) is 1. The first kappa shape index (κ1) is 29.0. The average Bonchev–Trinajstić information content (AvgIpc) is 2.93. The van der Waals surface area contributed by atoms with Crippen LogP contribution >= 0.6 is 0 Å². The van der Waals surface area contributed by atoms with E-state index < -0.39 is 15.8 Å². The van der Waals surface area contributed by atoms with E-state index in [1.807, 2.05) is 24.3 Å². The maximum absolute atomic E-state index is 12.8. The predicted octanol–water partition coefficient (Wildman–Crippen LogP) is 6.02. The number of carbonyl (C=O) groups is 1. The molecule has 0 unspecified atom stereocenters. The molecule has 0 atom stereocenters. The highest BCUT2D eigenvalue weighted by Crippen LogP contribution is 2.29. The number of ether oxygens (including phenoxy) is 2. The first-order chi connectivity index (χ1) is 18.3. The van der Waals surface area contributed by atoms with Crippen LogP contribution in [0.25, 0.3) is 0 Å². The van der Waals surface area contributed by atoms with Crippen molar-refractivity contribution in [2.45, 2.75) is 49.8 Å². The number of rotatable bonds is 16. The lowest BCUT2D eigenvalue weighted by molar-refractivity contribution is 0.0697. The van der Waals surface area contributed by atoms with E-state index in [2.05, 4.69) is 17.4 Å². The highest BCUT2D eigenvalue weighted by molar-refractivity contribution is 7.91. The molecule has 0 aliphatic carbocycles. The molecule has 3 rings (SSSR count). The Hall–Kier alpha value is -3.52. The van der Waals surface area contributed by atoms with E-state index in [9.17, 15) is 13.2 Å². The van der Waals surface area contributed by atoms with Crippen LogP contribution in [-0.2, 0) is 22.7 Å². The number of unbranched alkanes of at least 4 members (excludes halogenated alkanes) is 4. The molecule has 0 bridgehead atoms. The minimum atomic E-state index is -3.45. The van der Waals surface area contributed by atoms with Crippen LogP contribution in [0.2, 0.25) is 0 Å². The Balaban J connectivity index is 1.37. The highest BCUT2D eigenvalue weighted by Gasteiger charge is 2.20. The number of hydrogen-bond donors (Lipinski definition) is 2. The van der Waals surface area contributed by atoms with Crippen LogP contribution in [0, 0.1) is 0 Å². The molecule has 7 nitrogen and oxygen atoms in total. The number of sulfone groups is 1. The Morgan fingerprint density at radius 1 is 0.842 bits per heavy atom. The number of anilines is 1. The predicted molar refractivity (Wildman–Crippen MR) is 150 cm³/mol. The lowest BCUT2D eigenvalue weighted by Crippen LogP contribution is -2.09. The zero-order chi connectivity index (χ0) is 27.4. The molecule has 0 spiro atoms.